The van der Waals surface area contributed by atoms with Crippen molar-refractivity contribution in [2.75, 3.05) is 5.73 Å². The number of nitrogens with zero attached hydrogens (tertiary/aromatic N) is 4. The van der Waals surface area contributed by atoms with E-state index in [1.807, 2.05) is 49.4 Å². The van der Waals surface area contributed by atoms with Gasteiger partial charge in [0.05, 0.1) is 5.39 Å². The van der Waals surface area contributed by atoms with Gasteiger partial charge in [0.15, 0.2) is 5.65 Å². The standard InChI is InChI=1S/C29H23ClFN5O3/c1-16-8-9-20(30)12-23(16)24(18-6-4-3-5-7-18)27(39-15-37)17(2)36-29-25(28(32)33-14-34-29)26(35-36)19-10-21(31)13-22(38)11-19/h3-15,17,38H,1-2H3,(H2,32,33,34)/b27-24-. The highest BCUT2D eigenvalue weighted by molar-refractivity contribution is 6.30. The maximum Gasteiger partial charge on any atom is 0.298 e. The van der Waals surface area contributed by atoms with Gasteiger partial charge in [-0.2, -0.15) is 5.10 Å². The van der Waals surface area contributed by atoms with Crippen LogP contribution in [0.3, 0.4) is 0 Å². The van der Waals surface area contributed by atoms with Crippen molar-refractivity contribution in [2.24, 2.45) is 0 Å². The van der Waals surface area contributed by atoms with Crippen molar-refractivity contribution in [1.82, 2.24) is 19.7 Å². The molecule has 5 rings (SSSR count). The Kier molecular flexibility index (Phi) is 7.00. The van der Waals surface area contributed by atoms with Crippen LogP contribution in [0.4, 0.5) is 10.2 Å². The Hall–Kier alpha value is -4.76. The van der Waals surface area contributed by atoms with E-state index >= 15 is 0 Å². The van der Waals surface area contributed by atoms with Crippen molar-refractivity contribution in [2.45, 2.75) is 19.9 Å². The van der Waals surface area contributed by atoms with E-state index in [0.717, 1.165) is 22.8 Å². The molecule has 0 aliphatic carbocycles. The summed E-state index contributed by atoms with van der Waals surface area (Å²) in [6.07, 6.45) is 1.29. The number of phenolic OH excluding ortho intramolecular Hbond substituents is 1. The first-order valence-electron chi connectivity index (χ1n) is 11.9. The van der Waals surface area contributed by atoms with E-state index in [4.69, 9.17) is 27.2 Å². The van der Waals surface area contributed by atoms with Crippen molar-refractivity contribution in [3.63, 3.8) is 0 Å². The van der Waals surface area contributed by atoms with Crippen molar-refractivity contribution >= 4 is 40.5 Å². The predicted molar refractivity (Wildman–Crippen MR) is 147 cm³/mol. The molecule has 2 aromatic heterocycles. The average molecular weight is 544 g/mol. The second-order valence-corrected chi connectivity index (χ2v) is 9.34. The Morgan fingerprint density at radius 2 is 1.90 bits per heavy atom. The molecule has 0 aliphatic heterocycles. The van der Waals surface area contributed by atoms with E-state index in [1.54, 1.807) is 13.0 Å². The summed E-state index contributed by atoms with van der Waals surface area (Å²) in [5.41, 5.74) is 10.2. The number of aromatic nitrogens is 4. The SMILES string of the molecule is Cc1ccc(Cl)cc1/C(=C(\OC=O)C(C)n1nc(-c2cc(O)cc(F)c2)c2c(N)ncnc21)c1ccccc1. The number of ether oxygens (including phenoxy) is 1. The number of aryl methyl sites for hydroxylation is 1. The zero-order chi connectivity index (χ0) is 27.7. The van der Waals surface area contributed by atoms with Crippen LogP contribution in [-0.2, 0) is 9.53 Å². The van der Waals surface area contributed by atoms with Gasteiger partial charge < -0.3 is 15.6 Å². The van der Waals surface area contributed by atoms with Gasteiger partial charge in [-0.15, -0.1) is 0 Å². The molecule has 0 spiro atoms. The van der Waals surface area contributed by atoms with Gasteiger partial charge in [-0.3, -0.25) is 4.79 Å². The van der Waals surface area contributed by atoms with Crippen LogP contribution in [0.1, 0.15) is 29.7 Å². The zero-order valence-corrected chi connectivity index (χ0v) is 21.7. The highest BCUT2D eigenvalue weighted by atomic mass is 35.5. The Balaban J connectivity index is 1.82. The van der Waals surface area contributed by atoms with Crippen LogP contribution < -0.4 is 5.73 Å². The fourth-order valence-corrected chi connectivity index (χ4v) is 4.78. The molecule has 10 heteroatoms. The molecule has 3 aromatic carbocycles. The molecule has 1 unspecified atom stereocenters. The van der Waals surface area contributed by atoms with Crippen molar-refractivity contribution in [3.05, 3.63) is 106 Å². The van der Waals surface area contributed by atoms with Gasteiger partial charge in [-0.25, -0.2) is 19.0 Å². The van der Waals surface area contributed by atoms with Crippen LogP contribution in [0, 0.1) is 12.7 Å². The van der Waals surface area contributed by atoms with Gasteiger partial charge >= 0.3 is 0 Å². The summed E-state index contributed by atoms with van der Waals surface area (Å²) in [6, 6.07) is 17.8. The number of nitrogen functional groups attached to an aromatic ring is 1. The van der Waals surface area contributed by atoms with Crippen molar-refractivity contribution < 1.29 is 19.0 Å². The molecule has 0 amide bonds. The van der Waals surface area contributed by atoms with Crippen LogP contribution in [0.15, 0.2) is 78.8 Å². The van der Waals surface area contributed by atoms with Crippen LogP contribution in [0.5, 0.6) is 5.75 Å². The van der Waals surface area contributed by atoms with Gasteiger partial charge in [-0.1, -0.05) is 48.0 Å². The molecule has 0 fully saturated rings. The van der Waals surface area contributed by atoms with Crippen LogP contribution in [-0.4, -0.2) is 31.3 Å². The van der Waals surface area contributed by atoms with Gasteiger partial charge in [-0.05, 0) is 54.8 Å². The number of benzene rings is 3. The Labute approximate surface area is 228 Å². The monoisotopic (exact) mass is 543 g/mol. The lowest BCUT2D eigenvalue weighted by molar-refractivity contribution is -0.125. The zero-order valence-electron chi connectivity index (χ0n) is 21.0. The summed E-state index contributed by atoms with van der Waals surface area (Å²) in [4.78, 5) is 20.3. The minimum Gasteiger partial charge on any atom is -0.508 e. The van der Waals surface area contributed by atoms with Gasteiger partial charge in [0.2, 0.25) is 0 Å². The highest BCUT2D eigenvalue weighted by Gasteiger charge is 2.27. The smallest absolute Gasteiger partial charge is 0.298 e. The Morgan fingerprint density at radius 3 is 2.62 bits per heavy atom. The summed E-state index contributed by atoms with van der Waals surface area (Å²) < 4.78 is 21.4. The number of carbonyl (C=O) groups excluding carboxylic acids is 1. The van der Waals surface area contributed by atoms with E-state index in [1.165, 1.54) is 23.1 Å². The van der Waals surface area contributed by atoms with Crippen LogP contribution in [0.25, 0.3) is 27.9 Å². The molecule has 0 bridgehead atoms. The maximum atomic E-state index is 14.2. The number of rotatable bonds is 7. The molecule has 3 N–H and O–H groups in total. The third kappa shape index (κ3) is 4.92. The molecule has 0 saturated heterocycles. The molecule has 8 nitrogen and oxygen atoms in total. The molecule has 0 radical (unpaired) electrons. The Morgan fingerprint density at radius 1 is 1.13 bits per heavy atom. The van der Waals surface area contributed by atoms with E-state index in [0.29, 0.717) is 28.1 Å². The molecule has 5 aromatic rings. The van der Waals surface area contributed by atoms with Crippen molar-refractivity contribution in [3.8, 4) is 17.0 Å². The lowest BCUT2D eigenvalue weighted by Crippen LogP contribution is -2.15. The summed E-state index contributed by atoms with van der Waals surface area (Å²) in [6.45, 7) is 4.08. The van der Waals surface area contributed by atoms with Crippen LogP contribution >= 0.6 is 11.6 Å². The number of hydrogen-bond donors (Lipinski definition) is 2. The second kappa shape index (κ2) is 10.5. The Bertz CT molecular complexity index is 1720. The second-order valence-electron chi connectivity index (χ2n) is 8.90. The first-order chi connectivity index (χ1) is 18.8. The third-order valence-electron chi connectivity index (χ3n) is 6.37. The summed E-state index contributed by atoms with van der Waals surface area (Å²) in [5.74, 6) is -0.530. The predicted octanol–water partition coefficient (Wildman–Crippen LogP) is 6.08. The molecule has 0 saturated carbocycles. The number of hydrogen-bond acceptors (Lipinski definition) is 7. The number of halogens is 2. The van der Waals surface area contributed by atoms with E-state index in [9.17, 15) is 14.3 Å². The third-order valence-corrected chi connectivity index (χ3v) is 6.61. The van der Waals surface area contributed by atoms with E-state index in [2.05, 4.69) is 9.97 Å². The quantitative estimate of drug-likeness (QED) is 0.189. The number of phenols is 1. The lowest BCUT2D eigenvalue weighted by atomic mass is 9.91. The molecular formula is C29H23ClFN5O3. The van der Waals surface area contributed by atoms with Crippen molar-refractivity contribution in [1.29, 1.82) is 0 Å². The molecular weight excluding hydrogens is 521 g/mol. The molecule has 39 heavy (non-hydrogen) atoms. The fourth-order valence-electron chi connectivity index (χ4n) is 4.61. The minimum atomic E-state index is -0.712. The number of fused-ring (bicyclic) bond motifs is 1. The number of aromatic hydroxyl groups is 1. The first-order valence-corrected chi connectivity index (χ1v) is 12.3. The summed E-state index contributed by atoms with van der Waals surface area (Å²) in [7, 11) is 0. The molecule has 0 aliphatic rings. The van der Waals surface area contributed by atoms with Gasteiger partial charge in [0, 0.05) is 22.2 Å². The topological polar surface area (TPSA) is 116 Å². The molecule has 2 heterocycles. The largest absolute Gasteiger partial charge is 0.508 e. The summed E-state index contributed by atoms with van der Waals surface area (Å²) >= 11 is 6.39. The molecule has 196 valence electrons. The van der Waals surface area contributed by atoms with Gasteiger partial charge in [0.25, 0.3) is 6.47 Å². The number of carbonyl (C=O) groups is 1. The number of anilines is 1. The first kappa shape index (κ1) is 25.9. The highest BCUT2D eigenvalue weighted by Crippen LogP contribution is 2.39. The van der Waals surface area contributed by atoms with E-state index < -0.39 is 11.9 Å². The lowest BCUT2D eigenvalue weighted by Gasteiger charge is -2.22. The number of nitrogens with two attached hydrogens (primary N) is 1. The minimum absolute atomic E-state index is 0.119. The average Bonchev–Trinajstić information content (AvgIpc) is 3.31. The summed E-state index contributed by atoms with van der Waals surface area (Å²) in [5, 5.41) is 15.6. The normalized spacial score (nSPS) is 12.7. The number of allylic oxidation sites excluding steroid dienone is 1. The fraction of sp³-hybridized carbons (Fsp3) is 0.103. The van der Waals surface area contributed by atoms with Gasteiger partial charge in [0.1, 0.15) is 41.2 Å². The van der Waals surface area contributed by atoms with E-state index in [-0.39, 0.29) is 28.6 Å². The molecule has 1 atom stereocenters. The maximum absolute atomic E-state index is 14.2. The van der Waals surface area contributed by atoms with Crippen LogP contribution in [0.2, 0.25) is 5.02 Å².